The van der Waals surface area contributed by atoms with Gasteiger partial charge in [0.15, 0.2) is 0 Å². The van der Waals surface area contributed by atoms with Crippen LogP contribution in [0.1, 0.15) is 18.1 Å². The predicted octanol–water partition coefficient (Wildman–Crippen LogP) is 4.48. The molecule has 2 heterocycles. The van der Waals surface area contributed by atoms with Crippen LogP contribution in [0.3, 0.4) is 0 Å². The number of nitrogens with one attached hydrogen (secondary N) is 2. The summed E-state index contributed by atoms with van der Waals surface area (Å²) in [5, 5.41) is 5.31. The number of aromatic nitrogens is 4. The van der Waals surface area contributed by atoms with Gasteiger partial charge in [-0.2, -0.15) is 5.10 Å². The van der Waals surface area contributed by atoms with Gasteiger partial charge in [-0.05, 0) is 30.7 Å². The summed E-state index contributed by atoms with van der Waals surface area (Å²) in [6, 6.07) is 27.1. The number of carbonyl (C=O) groups is 1. The highest BCUT2D eigenvalue weighted by molar-refractivity contribution is 5.93. The number of para-hydroxylation sites is 1. The second-order valence-electron chi connectivity index (χ2n) is 8.43. The molecule has 0 aliphatic carbocycles. The molecule has 0 saturated heterocycles. The van der Waals surface area contributed by atoms with Crippen LogP contribution >= 0.6 is 0 Å². The Morgan fingerprint density at radius 1 is 0.946 bits per heavy atom. The normalized spacial score (nSPS) is 11.2. The van der Waals surface area contributed by atoms with Crippen molar-refractivity contribution >= 4 is 28.8 Å². The zero-order valence-electron chi connectivity index (χ0n) is 20.3. The molecule has 8 nitrogen and oxygen atoms in total. The van der Waals surface area contributed by atoms with Crippen molar-refractivity contribution in [2.45, 2.75) is 20.0 Å². The van der Waals surface area contributed by atoms with Gasteiger partial charge in [-0.25, -0.2) is 4.98 Å². The second-order valence-corrected chi connectivity index (χ2v) is 8.43. The van der Waals surface area contributed by atoms with Crippen LogP contribution < -0.4 is 16.4 Å². The number of fused-ring (bicyclic) bond motifs is 1. The van der Waals surface area contributed by atoms with E-state index in [4.69, 9.17) is 5.10 Å². The lowest BCUT2D eigenvalue weighted by Gasteiger charge is -2.13. The molecule has 0 fully saturated rings. The summed E-state index contributed by atoms with van der Waals surface area (Å²) in [6.07, 6.45) is 5.08. The molecule has 0 spiro atoms. The fourth-order valence-electron chi connectivity index (χ4n) is 4.11. The van der Waals surface area contributed by atoms with E-state index in [-0.39, 0.29) is 17.4 Å². The summed E-state index contributed by atoms with van der Waals surface area (Å²) in [5.41, 5.74) is 9.49. The minimum absolute atomic E-state index is 0.168. The number of hydrogen-bond acceptors (Lipinski definition) is 5. The molecule has 0 unspecified atom stereocenters. The van der Waals surface area contributed by atoms with E-state index in [9.17, 15) is 9.59 Å². The van der Waals surface area contributed by atoms with Crippen LogP contribution in [0.5, 0.6) is 0 Å². The molecule has 2 N–H and O–H groups in total. The molecule has 2 aromatic heterocycles. The first kappa shape index (κ1) is 23.7. The van der Waals surface area contributed by atoms with Crippen molar-refractivity contribution in [1.29, 1.82) is 0 Å². The van der Waals surface area contributed by atoms with E-state index in [1.54, 1.807) is 24.3 Å². The van der Waals surface area contributed by atoms with Gasteiger partial charge in [0, 0.05) is 29.9 Å². The number of carbonyl (C=O) groups excluding carboxylic acids is 1. The second kappa shape index (κ2) is 10.7. The van der Waals surface area contributed by atoms with Crippen molar-refractivity contribution in [3.8, 4) is 11.3 Å². The summed E-state index contributed by atoms with van der Waals surface area (Å²) in [4.78, 5) is 30.0. The van der Waals surface area contributed by atoms with E-state index in [0.29, 0.717) is 24.0 Å². The number of benzene rings is 3. The molecule has 5 rings (SSSR count). The first-order chi connectivity index (χ1) is 18.1. The van der Waals surface area contributed by atoms with Gasteiger partial charge in [-0.3, -0.25) is 29.7 Å². The first-order valence-corrected chi connectivity index (χ1v) is 12.0. The van der Waals surface area contributed by atoms with E-state index in [0.717, 1.165) is 22.4 Å². The number of hydrogen-bond donors (Lipinski definition) is 2. The molecular formula is C29H26N6O2. The molecule has 5 aromatic rings. The number of hydrazine groups is 1. The first-order valence-electron chi connectivity index (χ1n) is 12.0. The molecule has 0 aliphatic heterocycles. The van der Waals surface area contributed by atoms with Gasteiger partial charge >= 0.3 is 0 Å². The van der Waals surface area contributed by atoms with E-state index >= 15 is 0 Å². The standard InChI is InChI=1S/C29H26N6O2/c1-2-35-28(37)24-15-9-10-16-25(24)30-29(35)32-31-26(36)18-17-23-20-34(19-21-11-5-3-6-12-21)33-27(23)22-13-7-4-8-14-22/h3-18,20H,2,19H2,1H3,(H,30,32)(H,31,36)/b18-17+. The van der Waals surface area contributed by atoms with Crippen LogP contribution in [-0.2, 0) is 17.9 Å². The van der Waals surface area contributed by atoms with Gasteiger partial charge in [0.25, 0.3) is 11.5 Å². The average Bonchev–Trinajstić information content (AvgIpc) is 3.34. The molecule has 0 bridgehead atoms. The highest BCUT2D eigenvalue weighted by atomic mass is 16.2. The zero-order chi connectivity index (χ0) is 25.6. The van der Waals surface area contributed by atoms with Crippen LogP contribution in [-0.4, -0.2) is 25.2 Å². The highest BCUT2D eigenvalue weighted by Crippen LogP contribution is 2.23. The molecular weight excluding hydrogens is 464 g/mol. The third-order valence-electron chi connectivity index (χ3n) is 5.91. The number of anilines is 1. The molecule has 184 valence electrons. The van der Waals surface area contributed by atoms with E-state index in [1.807, 2.05) is 72.4 Å². The van der Waals surface area contributed by atoms with Crippen molar-refractivity contribution < 1.29 is 4.79 Å². The number of rotatable bonds is 8. The van der Waals surface area contributed by atoms with E-state index < -0.39 is 0 Å². The van der Waals surface area contributed by atoms with Gasteiger partial charge in [0.1, 0.15) is 0 Å². The van der Waals surface area contributed by atoms with Crippen molar-refractivity contribution in [2.75, 3.05) is 5.43 Å². The van der Waals surface area contributed by atoms with Gasteiger partial charge < -0.3 is 0 Å². The predicted molar refractivity (Wildman–Crippen MR) is 146 cm³/mol. The minimum Gasteiger partial charge on any atom is -0.277 e. The topological polar surface area (TPSA) is 93.8 Å². The van der Waals surface area contributed by atoms with E-state index in [1.165, 1.54) is 10.6 Å². The van der Waals surface area contributed by atoms with Crippen LogP contribution in [0.2, 0.25) is 0 Å². The molecule has 0 aliphatic rings. The maximum absolute atomic E-state index is 12.8. The Morgan fingerprint density at radius 3 is 2.41 bits per heavy atom. The SMILES string of the molecule is CCn1c(NNC(=O)/C=C/c2cn(Cc3ccccc3)nc2-c2ccccc2)nc2ccccc2c1=O. The average molecular weight is 491 g/mol. The Morgan fingerprint density at radius 2 is 1.65 bits per heavy atom. The molecule has 8 heteroatoms. The highest BCUT2D eigenvalue weighted by Gasteiger charge is 2.12. The Labute approximate surface area is 213 Å². The molecule has 37 heavy (non-hydrogen) atoms. The summed E-state index contributed by atoms with van der Waals surface area (Å²) in [5.74, 6) is -0.117. The monoisotopic (exact) mass is 490 g/mol. The molecule has 0 radical (unpaired) electrons. The third-order valence-corrected chi connectivity index (χ3v) is 5.91. The third kappa shape index (κ3) is 5.33. The maximum atomic E-state index is 12.8. The molecule has 0 atom stereocenters. The van der Waals surface area contributed by atoms with Crippen molar-refractivity contribution in [2.24, 2.45) is 0 Å². The van der Waals surface area contributed by atoms with Gasteiger partial charge in [0.2, 0.25) is 5.95 Å². The van der Waals surface area contributed by atoms with Crippen LogP contribution in [0.25, 0.3) is 28.2 Å². The van der Waals surface area contributed by atoms with Gasteiger partial charge in [0.05, 0.1) is 23.1 Å². The Balaban J connectivity index is 1.36. The molecule has 3 aromatic carbocycles. The summed E-state index contributed by atoms with van der Waals surface area (Å²) in [6.45, 7) is 2.87. The fraction of sp³-hybridized carbons (Fsp3) is 0.103. The number of amides is 1. The lowest BCUT2D eigenvalue weighted by atomic mass is 10.1. The van der Waals surface area contributed by atoms with Crippen molar-refractivity contribution in [3.05, 3.63) is 119 Å². The smallest absolute Gasteiger partial charge is 0.262 e. The summed E-state index contributed by atoms with van der Waals surface area (Å²) >= 11 is 0. The van der Waals surface area contributed by atoms with Gasteiger partial charge in [-0.15, -0.1) is 0 Å². The Bertz CT molecular complexity index is 1620. The molecule has 1 amide bonds. The summed E-state index contributed by atoms with van der Waals surface area (Å²) < 4.78 is 3.35. The van der Waals surface area contributed by atoms with Crippen LogP contribution in [0.15, 0.2) is 102 Å². The van der Waals surface area contributed by atoms with Crippen molar-refractivity contribution in [3.63, 3.8) is 0 Å². The Kier molecular flexibility index (Phi) is 6.89. The van der Waals surface area contributed by atoms with Crippen molar-refractivity contribution in [1.82, 2.24) is 24.8 Å². The summed E-state index contributed by atoms with van der Waals surface area (Å²) in [7, 11) is 0. The largest absolute Gasteiger partial charge is 0.277 e. The van der Waals surface area contributed by atoms with Crippen LogP contribution in [0, 0.1) is 0 Å². The maximum Gasteiger partial charge on any atom is 0.262 e. The zero-order valence-corrected chi connectivity index (χ0v) is 20.3. The minimum atomic E-state index is -0.389. The molecule has 0 saturated carbocycles. The van der Waals surface area contributed by atoms with Crippen LogP contribution in [0.4, 0.5) is 5.95 Å². The number of nitrogens with zero attached hydrogens (tertiary/aromatic N) is 4. The lowest BCUT2D eigenvalue weighted by Crippen LogP contribution is -2.33. The Hall–Kier alpha value is -4.98. The van der Waals surface area contributed by atoms with Gasteiger partial charge in [-0.1, -0.05) is 72.8 Å². The quantitative estimate of drug-likeness (QED) is 0.247. The lowest BCUT2D eigenvalue weighted by molar-refractivity contribution is -0.116. The fourth-order valence-corrected chi connectivity index (χ4v) is 4.11. The van der Waals surface area contributed by atoms with E-state index in [2.05, 4.69) is 28.0 Å².